The number of anilines is 2. The molecule has 1 saturated heterocycles. The summed E-state index contributed by atoms with van der Waals surface area (Å²) in [5, 5.41) is 6.54. The Labute approximate surface area is 204 Å². The predicted molar refractivity (Wildman–Crippen MR) is 134 cm³/mol. The smallest absolute Gasteiger partial charge is 0.319 e. The lowest BCUT2D eigenvalue weighted by molar-refractivity contribution is 0.173. The van der Waals surface area contributed by atoms with Crippen molar-refractivity contribution in [2.45, 2.75) is 6.04 Å². The van der Waals surface area contributed by atoms with E-state index < -0.39 is 0 Å². The molecule has 3 aromatic carbocycles. The van der Waals surface area contributed by atoms with Crippen molar-refractivity contribution in [1.29, 1.82) is 0 Å². The van der Waals surface area contributed by atoms with Gasteiger partial charge in [0, 0.05) is 49.1 Å². The third-order valence-corrected chi connectivity index (χ3v) is 6.47. The molecule has 0 saturated carbocycles. The van der Waals surface area contributed by atoms with Gasteiger partial charge in [0.25, 0.3) is 0 Å². The maximum Gasteiger partial charge on any atom is 0.319 e. The van der Waals surface area contributed by atoms with E-state index in [0.717, 1.165) is 43.2 Å². The molecule has 0 bridgehead atoms. The highest BCUT2D eigenvalue weighted by Gasteiger charge is 2.27. The Hall–Kier alpha value is -3.42. The van der Waals surface area contributed by atoms with E-state index in [1.54, 1.807) is 24.3 Å². The fourth-order valence-electron chi connectivity index (χ4n) is 4.41. The lowest BCUT2D eigenvalue weighted by atomic mass is 10.0. The first kappa shape index (κ1) is 22.4. The van der Waals surface area contributed by atoms with Crippen molar-refractivity contribution in [2.24, 2.45) is 0 Å². The minimum Gasteiger partial charge on any atom is -0.454 e. The number of nitrogens with zero attached hydrogens (tertiary/aromatic N) is 2. The van der Waals surface area contributed by atoms with Crippen LogP contribution in [-0.4, -0.2) is 50.4 Å². The maximum absolute atomic E-state index is 12.6. The van der Waals surface area contributed by atoms with E-state index in [1.807, 2.05) is 18.2 Å². The maximum atomic E-state index is 12.6. The number of halogens is 1. The number of carbonyl (C=O) groups excluding carboxylic acids is 1. The van der Waals surface area contributed by atoms with Crippen LogP contribution in [0, 0.1) is 0 Å². The number of rotatable bonds is 6. The van der Waals surface area contributed by atoms with E-state index in [1.165, 1.54) is 5.69 Å². The second-order valence-electron chi connectivity index (χ2n) is 8.33. The van der Waals surface area contributed by atoms with Crippen LogP contribution in [0.2, 0.25) is 5.02 Å². The Morgan fingerprint density at radius 3 is 2.41 bits per heavy atom. The van der Waals surface area contributed by atoms with Crippen LogP contribution in [0.15, 0.2) is 72.8 Å². The van der Waals surface area contributed by atoms with Crippen molar-refractivity contribution in [3.05, 3.63) is 83.4 Å². The summed E-state index contributed by atoms with van der Waals surface area (Å²) in [5.74, 6) is 1.50. The van der Waals surface area contributed by atoms with Crippen LogP contribution < -0.4 is 25.0 Å². The molecular formula is C26H27ClN4O3. The Balaban J connectivity index is 1.28. The Morgan fingerprint density at radius 2 is 1.65 bits per heavy atom. The molecule has 2 aliphatic heterocycles. The average molecular weight is 479 g/mol. The Morgan fingerprint density at radius 1 is 0.912 bits per heavy atom. The van der Waals surface area contributed by atoms with Gasteiger partial charge in [-0.3, -0.25) is 4.90 Å². The van der Waals surface area contributed by atoms with Gasteiger partial charge in [0.05, 0.1) is 6.04 Å². The van der Waals surface area contributed by atoms with Crippen LogP contribution in [-0.2, 0) is 0 Å². The van der Waals surface area contributed by atoms with E-state index >= 15 is 0 Å². The summed E-state index contributed by atoms with van der Waals surface area (Å²) in [6.07, 6.45) is 0. The molecule has 0 radical (unpaired) electrons. The standard InChI is InChI=1S/C26H27ClN4O3/c27-20-7-9-21(10-8-20)29-26(32)28-17-23(19-6-11-24-25(16-19)34-18-33-24)31-14-12-30(13-15-31)22-4-2-1-3-5-22/h1-11,16,23H,12-15,17-18H2,(H2,28,29,32)/t23-/m0/s1. The highest BCUT2D eigenvalue weighted by molar-refractivity contribution is 6.30. The van der Waals surface area contributed by atoms with Gasteiger partial charge >= 0.3 is 6.03 Å². The van der Waals surface area contributed by atoms with Gasteiger partial charge in [-0.1, -0.05) is 35.9 Å². The predicted octanol–water partition coefficient (Wildman–Crippen LogP) is 4.75. The highest BCUT2D eigenvalue weighted by Crippen LogP contribution is 2.35. The summed E-state index contributed by atoms with van der Waals surface area (Å²) in [4.78, 5) is 17.4. The molecule has 1 fully saturated rings. The van der Waals surface area contributed by atoms with Crippen molar-refractivity contribution in [2.75, 3.05) is 49.7 Å². The third-order valence-electron chi connectivity index (χ3n) is 6.22. The summed E-state index contributed by atoms with van der Waals surface area (Å²) >= 11 is 5.94. The summed E-state index contributed by atoms with van der Waals surface area (Å²) in [5.41, 5.74) is 3.02. The molecule has 0 unspecified atom stereocenters. The molecule has 8 heteroatoms. The lowest BCUT2D eigenvalue weighted by Gasteiger charge is -2.40. The van der Waals surface area contributed by atoms with Gasteiger partial charge in [0.2, 0.25) is 6.79 Å². The number of amides is 2. The third kappa shape index (κ3) is 5.21. The highest BCUT2D eigenvalue weighted by atomic mass is 35.5. The number of carbonyl (C=O) groups is 1. The van der Waals surface area contributed by atoms with Crippen molar-refractivity contribution < 1.29 is 14.3 Å². The van der Waals surface area contributed by atoms with Crippen molar-refractivity contribution in [3.8, 4) is 11.5 Å². The summed E-state index contributed by atoms with van der Waals surface area (Å²) in [7, 11) is 0. The number of nitrogens with one attached hydrogen (secondary N) is 2. The average Bonchev–Trinajstić information content (AvgIpc) is 3.35. The number of para-hydroxylation sites is 1. The molecule has 176 valence electrons. The molecule has 7 nitrogen and oxygen atoms in total. The molecule has 1 atom stereocenters. The Kier molecular flexibility index (Phi) is 6.74. The van der Waals surface area contributed by atoms with Crippen LogP contribution in [0.1, 0.15) is 11.6 Å². The number of benzene rings is 3. The zero-order valence-electron chi connectivity index (χ0n) is 18.7. The number of ether oxygens (including phenoxy) is 2. The van der Waals surface area contributed by atoms with Crippen LogP contribution in [0.25, 0.3) is 0 Å². The van der Waals surface area contributed by atoms with E-state index in [2.05, 4.69) is 50.8 Å². The SMILES string of the molecule is O=C(NC[C@@H](c1ccc2c(c1)OCO2)N1CCN(c2ccccc2)CC1)Nc1ccc(Cl)cc1. The first-order valence-corrected chi connectivity index (χ1v) is 11.8. The number of hydrogen-bond donors (Lipinski definition) is 2. The monoisotopic (exact) mass is 478 g/mol. The fraction of sp³-hybridized carbons (Fsp3) is 0.269. The molecular weight excluding hydrogens is 452 g/mol. The number of piperazine rings is 1. The van der Waals surface area contributed by atoms with Crippen LogP contribution >= 0.6 is 11.6 Å². The van der Waals surface area contributed by atoms with Crippen LogP contribution in [0.3, 0.4) is 0 Å². The van der Waals surface area contributed by atoms with Crippen molar-refractivity contribution >= 4 is 29.0 Å². The molecule has 2 aliphatic rings. The number of urea groups is 1. The van der Waals surface area contributed by atoms with Crippen molar-refractivity contribution in [3.63, 3.8) is 0 Å². The number of hydrogen-bond acceptors (Lipinski definition) is 5. The van der Waals surface area contributed by atoms with Gasteiger partial charge in [-0.2, -0.15) is 0 Å². The van der Waals surface area contributed by atoms with E-state index in [9.17, 15) is 4.79 Å². The minimum absolute atomic E-state index is 0.00314. The second-order valence-corrected chi connectivity index (χ2v) is 8.77. The molecule has 3 aromatic rings. The van der Waals surface area contributed by atoms with E-state index in [-0.39, 0.29) is 18.9 Å². The summed E-state index contributed by atoms with van der Waals surface area (Å²) in [6, 6.07) is 23.3. The molecule has 2 heterocycles. The molecule has 0 aromatic heterocycles. The van der Waals surface area contributed by atoms with Gasteiger partial charge in [0.15, 0.2) is 11.5 Å². The first-order valence-electron chi connectivity index (χ1n) is 11.4. The van der Waals surface area contributed by atoms with E-state index in [4.69, 9.17) is 21.1 Å². The zero-order valence-corrected chi connectivity index (χ0v) is 19.5. The van der Waals surface area contributed by atoms with Gasteiger partial charge in [-0.25, -0.2) is 4.79 Å². The zero-order chi connectivity index (χ0) is 23.3. The fourth-order valence-corrected chi connectivity index (χ4v) is 4.53. The van der Waals surface area contributed by atoms with Gasteiger partial charge < -0.3 is 25.0 Å². The van der Waals surface area contributed by atoms with Gasteiger partial charge in [0.1, 0.15) is 0 Å². The summed E-state index contributed by atoms with van der Waals surface area (Å²) < 4.78 is 11.1. The molecule has 34 heavy (non-hydrogen) atoms. The van der Waals surface area contributed by atoms with Gasteiger partial charge in [-0.15, -0.1) is 0 Å². The topological polar surface area (TPSA) is 66.1 Å². The van der Waals surface area contributed by atoms with Gasteiger partial charge in [-0.05, 0) is 54.1 Å². The van der Waals surface area contributed by atoms with Crippen LogP contribution in [0.5, 0.6) is 11.5 Å². The normalized spacial score (nSPS) is 16.2. The molecule has 0 aliphatic carbocycles. The number of fused-ring (bicyclic) bond motifs is 1. The molecule has 0 spiro atoms. The molecule has 5 rings (SSSR count). The molecule has 2 N–H and O–H groups in total. The van der Waals surface area contributed by atoms with Crippen LogP contribution in [0.4, 0.5) is 16.2 Å². The lowest BCUT2D eigenvalue weighted by Crippen LogP contribution is -2.50. The Bertz CT molecular complexity index is 1120. The first-order chi connectivity index (χ1) is 16.7. The summed E-state index contributed by atoms with van der Waals surface area (Å²) in [6.45, 7) is 4.30. The van der Waals surface area contributed by atoms with E-state index in [0.29, 0.717) is 17.3 Å². The minimum atomic E-state index is -0.254. The van der Waals surface area contributed by atoms with Crippen molar-refractivity contribution in [1.82, 2.24) is 10.2 Å². The largest absolute Gasteiger partial charge is 0.454 e. The quantitative estimate of drug-likeness (QED) is 0.535. The molecule has 2 amide bonds. The second kappa shape index (κ2) is 10.2.